The third-order valence-electron chi connectivity index (χ3n) is 31.0. The van der Waals surface area contributed by atoms with E-state index in [9.17, 15) is 63.3 Å². The predicted molar refractivity (Wildman–Crippen MR) is 593 cm³/mol. The first-order valence-corrected chi connectivity index (χ1v) is 57.4. The number of benzene rings is 8. The summed E-state index contributed by atoms with van der Waals surface area (Å²) in [6.07, 6.45) is 2.28. The maximum atomic E-state index is 14.1. The van der Waals surface area contributed by atoms with Gasteiger partial charge >= 0.3 is 36.1 Å². The molecule has 1 unspecified atom stereocenters. The van der Waals surface area contributed by atoms with Crippen molar-refractivity contribution in [2.45, 2.75) is 307 Å². The summed E-state index contributed by atoms with van der Waals surface area (Å²) < 4.78 is 38.9. The van der Waals surface area contributed by atoms with E-state index < -0.39 is 123 Å². The number of phenolic OH excluding ortho intramolecular Hbond substituents is 2. The van der Waals surface area contributed by atoms with Gasteiger partial charge in [0, 0.05) is 46.0 Å². The highest BCUT2D eigenvalue weighted by atomic mass is 35.5. The Balaban J connectivity index is 0.000000261. The summed E-state index contributed by atoms with van der Waals surface area (Å²) in [5.74, 6) is -0.596. The lowest BCUT2D eigenvalue weighted by Gasteiger charge is -2.51. The van der Waals surface area contributed by atoms with Crippen LogP contribution in [0.1, 0.15) is 209 Å². The van der Waals surface area contributed by atoms with E-state index in [1.807, 2.05) is 176 Å². The van der Waals surface area contributed by atoms with Crippen molar-refractivity contribution in [3.63, 3.8) is 0 Å². The molecule has 5 heterocycles. The summed E-state index contributed by atoms with van der Waals surface area (Å²) in [5, 5.41) is 48.9. The summed E-state index contributed by atoms with van der Waals surface area (Å²) in [4.78, 5) is 132. The summed E-state index contributed by atoms with van der Waals surface area (Å²) >= 11 is 0. The van der Waals surface area contributed by atoms with Gasteiger partial charge in [0.15, 0.2) is 0 Å². The van der Waals surface area contributed by atoms with Crippen molar-refractivity contribution < 1.29 is 101 Å². The number of rotatable bonds is 24. The number of phenols is 2. The molecule has 0 radical (unpaired) electrons. The highest BCUT2D eigenvalue weighted by Crippen LogP contribution is 2.50. The standard InChI is InChI=1S/C35H52N2O6Si.C25H41NO5Si.C24H30N2O4.C23H26N2O3.C10H13NO2.CH4O.ClH/c1-24-23-37(32(40)42-33(2,3)4)29(30(38)36-28(31(39)41-9)20-25-16-13-12-14-17-25)22-35(24,8)26-18-15-19-27(21-26)43-44(10,11)34(5,6)7;1-17-16-26(22(29)30-23(2,3)4)20(21(27)28)15-25(17,8)18-12-11-13-19(14-18)31-32(9,10)24(5,6)7;1-16-15-25-21(14-24(16,2)18-10-7-11-19(27)13-18)22(28)26-20(23(29)30-3)12-17-8-5-4-6-9-17;1-15-14-25-20(13-23(15,2)17-9-6-10-18(26)12-17)21(27)24-19(22(25)28)11-16-7-4-3-5-8-16;1-13-10(12)9(11)7-8-5-3-2-4-6-8;1-2;/h12-19,21,24,28-29H,20,22-23H2,1-11H3,(H,36,38);11-14,17,20H,15-16H2,1-10H3,(H,27,28);4-11,13,16,20-21,25,27H,12,14-15H2,1-3H3,(H,26,28);3-10,12,15,19-20,26H,11,13-14H2,1-2H3,(H,24,27);2-6,9H,7,11H2,1H3;2H,1H3;1H/t24-,28+,29+,35+;17-,20+,25+;16-,20+,21+,24+;15-,19+,20+,23+;;;/m0000.../s1. The number of ether oxygens (including phenoxy) is 5. The van der Waals surface area contributed by atoms with Crippen LogP contribution in [0.5, 0.6) is 23.0 Å². The number of aromatic hydroxyl groups is 2. The van der Waals surface area contributed by atoms with Crippen LogP contribution in [0, 0.1) is 23.7 Å². The summed E-state index contributed by atoms with van der Waals surface area (Å²) in [6.45, 7) is 51.6. The van der Waals surface area contributed by atoms with Crippen LogP contribution in [0.4, 0.5) is 9.59 Å². The molecule has 8 aromatic carbocycles. The highest BCUT2D eigenvalue weighted by Gasteiger charge is 2.54. The lowest BCUT2D eigenvalue weighted by Crippen LogP contribution is -2.68. The Morgan fingerprint density at radius 2 is 0.793 bits per heavy atom. The van der Waals surface area contributed by atoms with E-state index in [0.29, 0.717) is 71.1 Å². The molecule has 13 rings (SSSR count). The molecule has 0 bridgehead atoms. The molecular formula is C118H167ClN8O21Si2. The van der Waals surface area contributed by atoms with Crippen molar-refractivity contribution >= 4 is 88.7 Å². The fourth-order valence-electron chi connectivity index (χ4n) is 19.0. The van der Waals surface area contributed by atoms with Crippen LogP contribution in [0.25, 0.3) is 0 Å². The minimum Gasteiger partial charge on any atom is -0.543 e. The minimum absolute atomic E-state index is 0. The molecule has 10 N–H and O–H groups in total. The highest BCUT2D eigenvalue weighted by molar-refractivity contribution is 6.75. The third kappa shape index (κ3) is 33.2. The van der Waals surface area contributed by atoms with Crippen molar-refractivity contribution in [3.05, 3.63) is 263 Å². The number of fused-ring (bicyclic) bond motifs is 1. The average molecular weight is 2130 g/mol. The number of halogens is 1. The maximum Gasteiger partial charge on any atom is 0.411 e. The van der Waals surface area contributed by atoms with Crippen LogP contribution in [-0.4, -0.2) is 226 Å². The zero-order valence-electron chi connectivity index (χ0n) is 93.3. The number of methoxy groups -OCH3 is 3. The molecule has 5 aliphatic heterocycles. The zero-order chi connectivity index (χ0) is 111. The summed E-state index contributed by atoms with van der Waals surface area (Å²) in [6, 6.07) is 63.6. The number of aliphatic hydroxyl groups is 1. The number of carboxylic acid groups (broad SMARTS) is 1. The van der Waals surface area contributed by atoms with Gasteiger partial charge in [-0.05, 0) is 255 Å². The van der Waals surface area contributed by atoms with Crippen molar-refractivity contribution in [3.8, 4) is 23.0 Å². The number of nitrogens with one attached hydrogen (secondary N) is 4. The van der Waals surface area contributed by atoms with Gasteiger partial charge in [0.05, 0.1) is 27.4 Å². The quantitative estimate of drug-likeness (QED) is 0.0154. The van der Waals surface area contributed by atoms with Gasteiger partial charge in [-0.25, -0.2) is 24.0 Å². The molecule has 32 heteroatoms. The Bertz CT molecular complexity index is 5800. The lowest BCUT2D eigenvalue weighted by atomic mass is 9.65. The molecule has 5 aliphatic rings. The van der Waals surface area contributed by atoms with Gasteiger partial charge in [0.25, 0.3) is 0 Å². The number of carboxylic acids is 1. The normalized spacial score (nSPS) is 23.2. The molecule has 5 fully saturated rings. The number of likely N-dealkylation sites (tertiary alicyclic amines) is 2. The number of hydrogen-bond donors (Lipinski definition) is 9. The number of amides is 6. The van der Waals surface area contributed by atoms with Crippen LogP contribution in [0.3, 0.4) is 0 Å². The van der Waals surface area contributed by atoms with Gasteiger partial charge in [-0.3, -0.25) is 33.8 Å². The number of carbonyl (C=O) groups excluding carboxylic acids is 9. The fraction of sp³-hybridized carbons (Fsp3) is 0.508. The number of hydrogen-bond acceptors (Lipinski definition) is 22. The van der Waals surface area contributed by atoms with Gasteiger partial charge < -0.3 is 84.9 Å². The Labute approximate surface area is 897 Å². The topological polar surface area (TPSA) is 400 Å². The van der Waals surface area contributed by atoms with Gasteiger partial charge in [-0.1, -0.05) is 267 Å². The SMILES string of the molecule is CO.COC(=O)C(N)Cc1ccccc1.COC(=O)[C@@H](Cc1ccccc1)NC(=O)[C@H]1C[C@@](C)(c2cccc(O)c2)[C@@H](C)CN1.COC(=O)[C@@H](Cc1ccccc1)NC(=O)[C@H]1C[C@@](C)(c2cccc(O[Si](C)(C)C(C)(C)C)c2)[C@@H](C)CN1C(=O)OC(C)(C)C.C[C@H]1CN(C(=O)OC(C)(C)C)[C@@H](C(=O)O)C[C@@]1(C)c1cccc(O[Si](C)(C)C(C)(C)C)c1.C[C@H]1CN2C(=O)[C@@H](Cc3ccccc3)NC(=O)[C@H]2C[C@@]1(C)c1cccc(O)c1.Cl. The molecule has 0 saturated carbocycles. The van der Waals surface area contributed by atoms with E-state index in [-0.39, 0.29) is 98.6 Å². The molecule has 0 aliphatic carbocycles. The smallest absolute Gasteiger partial charge is 0.411 e. The molecule has 6 amide bonds. The molecule has 8 aromatic rings. The van der Waals surface area contributed by atoms with Gasteiger partial charge in [-0.2, -0.15) is 0 Å². The summed E-state index contributed by atoms with van der Waals surface area (Å²) in [5.41, 5.74) is 10.7. The largest absolute Gasteiger partial charge is 0.543 e. The summed E-state index contributed by atoms with van der Waals surface area (Å²) in [7, 11) is 0.884. The van der Waals surface area contributed by atoms with E-state index >= 15 is 0 Å². The Morgan fingerprint density at radius 1 is 0.447 bits per heavy atom. The van der Waals surface area contributed by atoms with Crippen molar-refractivity contribution in [1.29, 1.82) is 0 Å². The van der Waals surface area contributed by atoms with Gasteiger partial charge in [-0.15, -0.1) is 12.4 Å². The monoisotopic (exact) mass is 2120 g/mol. The van der Waals surface area contributed by atoms with E-state index in [0.717, 1.165) is 63.1 Å². The fourth-order valence-corrected chi connectivity index (χ4v) is 21.0. The van der Waals surface area contributed by atoms with E-state index in [1.54, 1.807) is 70.7 Å². The molecule has 29 nitrogen and oxygen atoms in total. The Morgan fingerprint density at radius 3 is 1.17 bits per heavy atom. The zero-order valence-corrected chi connectivity index (χ0v) is 96.1. The van der Waals surface area contributed by atoms with E-state index in [1.165, 1.54) is 31.1 Å². The second kappa shape index (κ2) is 53.2. The van der Waals surface area contributed by atoms with Crippen LogP contribution in [0.2, 0.25) is 36.3 Å². The number of nitrogens with zero attached hydrogens (tertiary/aromatic N) is 3. The van der Waals surface area contributed by atoms with Crippen molar-refractivity contribution in [2.75, 3.05) is 54.6 Å². The second-order valence-electron chi connectivity index (χ2n) is 46.2. The lowest BCUT2D eigenvalue weighted by molar-refractivity contribution is -0.154. The first kappa shape index (κ1) is 125. The van der Waals surface area contributed by atoms with Gasteiger partial charge in [0.2, 0.25) is 40.3 Å². The van der Waals surface area contributed by atoms with E-state index in [2.05, 4.69) is 167 Å². The number of aliphatic hydroxyl groups excluding tert-OH is 1. The molecule has 820 valence electrons. The van der Waals surface area contributed by atoms with E-state index in [4.69, 9.17) is 38.6 Å². The maximum absolute atomic E-state index is 14.1. The predicted octanol–water partition coefficient (Wildman–Crippen LogP) is 18.9. The molecule has 5 saturated heterocycles. The van der Waals surface area contributed by atoms with Crippen LogP contribution in [0.15, 0.2) is 218 Å². The minimum atomic E-state index is -2.08. The van der Waals surface area contributed by atoms with Crippen molar-refractivity contribution in [1.82, 2.24) is 36.0 Å². The number of carbonyl (C=O) groups is 10. The van der Waals surface area contributed by atoms with Crippen LogP contribution in [-0.2, 0) is 109 Å². The number of nitrogens with two attached hydrogens (primary N) is 1. The number of esters is 3. The molecule has 16 atom stereocenters. The second-order valence-corrected chi connectivity index (χ2v) is 55.6. The third-order valence-corrected chi connectivity index (χ3v) is 39.7. The van der Waals surface area contributed by atoms with Crippen LogP contribution >= 0.6 is 12.4 Å². The van der Waals surface area contributed by atoms with Crippen molar-refractivity contribution in [2.24, 2.45) is 29.4 Å². The Kier molecular flexibility index (Phi) is 44.3. The Hall–Kier alpha value is -12.1. The number of piperazine rings is 1. The molecule has 0 spiro atoms. The molecule has 0 aromatic heterocycles. The van der Waals surface area contributed by atoms with Gasteiger partial charge in [0.1, 0.15) is 76.5 Å². The molecular weight excluding hydrogens is 1960 g/mol. The number of aliphatic carboxylic acids is 1. The van der Waals surface area contributed by atoms with Crippen LogP contribution < -0.4 is 35.9 Å². The molecule has 150 heavy (non-hydrogen) atoms. The first-order chi connectivity index (χ1) is 69.6. The number of piperidine rings is 4. The average Bonchev–Trinajstić information content (AvgIpc) is 0.726. The first-order valence-electron chi connectivity index (χ1n) is 51.5.